The molecule has 0 bridgehead atoms. The lowest BCUT2D eigenvalue weighted by molar-refractivity contribution is 0.194. The second kappa shape index (κ2) is 9.05. The van der Waals surface area contributed by atoms with Gasteiger partial charge in [0.05, 0.1) is 0 Å². The maximum absolute atomic E-state index is 11.9. The molecule has 5 nitrogen and oxygen atoms in total. The first-order valence-corrected chi connectivity index (χ1v) is 8.33. The van der Waals surface area contributed by atoms with Crippen LogP contribution in [-0.2, 0) is 5.75 Å². The summed E-state index contributed by atoms with van der Waals surface area (Å²) < 4.78 is 0.655. The molecule has 0 saturated carbocycles. The van der Waals surface area contributed by atoms with E-state index in [1.165, 1.54) is 18.2 Å². The fraction of sp³-hybridized carbons (Fsp3) is 0.294. The number of aryl methyl sites for hydroxylation is 1. The predicted molar refractivity (Wildman–Crippen MR) is 95.2 cm³/mol. The highest BCUT2D eigenvalue weighted by Gasteiger charge is 2.14. The van der Waals surface area contributed by atoms with Crippen molar-refractivity contribution in [3.63, 3.8) is 0 Å². The summed E-state index contributed by atoms with van der Waals surface area (Å²) in [7, 11) is 0. The number of carbonyl (C=O) groups is 1. The fourth-order valence-electron chi connectivity index (χ4n) is 1.81. The van der Waals surface area contributed by atoms with Crippen molar-refractivity contribution in [1.82, 2.24) is 4.57 Å². The van der Waals surface area contributed by atoms with Crippen LogP contribution in [0.1, 0.15) is 31.5 Å². The summed E-state index contributed by atoms with van der Waals surface area (Å²) in [6.07, 6.45) is -0.0705. The van der Waals surface area contributed by atoms with Crippen LogP contribution < -0.4 is 11.3 Å². The molecule has 0 fully saturated rings. The Hall–Kier alpha value is -2.21. The normalized spacial score (nSPS) is 9.87. The minimum absolute atomic E-state index is 0.0288. The van der Waals surface area contributed by atoms with Crippen molar-refractivity contribution in [2.45, 2.75) is 37.8 Å². The van der Waals surface area contributed by atoms with Crippen LogP contribution in [0.4, 0.5) is 10.5 Å². The third kappa shape index (κ3) is 5.17. The third-order valence-corrected chi connectivity index (χ3v) is 3.95. The van der Waals surface area contributed by atoms with Crippen molar-refractivity contribution in [3.05, 3.63) is 58.0 Å². The Morgan fingerprint density at radius 1 is 1.26 bits per heavy atom. The van der Waals surface area contributed by atoms with Crippen LogP contribution in [0.25, 0.3) is 0 Å². The summed E-state index contributed by atoms with van der Waals surface area (Å²) in [6, 6.07) is 11.4. The summed E-state index contributed by atoms with van der Waals surface area (Å²) in [5.41, 5.74) is 6.48. The number of benzene rings is 1. The van der Waals surface area contributed by atoms with Gasteiger partial charge < -0.3 is 10.8 Å². The van der Waals surface area contributed by atoms with Gasteiger partial charge in [0.1, 0.15) is 5.69 Å². The average molecular weight is 334 g/mol. The molecule has 6 heteroatoms. The SMILES string of the molecule is CCC.Cc1cc(SCc2ccccc2)c(N)c(=O)n1C(=O)O. The summed E-state index contributed by atoms with van der Waals surface area (Å²) in [6.45, 7) is 5.82. The highest BCUT2D eigenvalue weighted by atomic mass is 32.2. The number of pyridine rings is 1. The monoisotopic (exact) mass is 334 g/mol. The summed E-state index contributed by atoms with van der Waals surface area (Å²) in [5, 5.41) is 8.97. The molecule has 0 saturated heterocycles. The van der Waals surface area contributed by atoms with E-state index in [0.717, 1.165) is 5.56 Å². The van der Waals surface area contributed by atoms with Crippen molar-refractivity contribution in [1.29, 1.82) is 0 Å². The molecular formula is C17H22N2O3S. The van der Waals surface area contributed by atoms with Gasteiger partial charge >= 0.3 is 6.09 Å². The Balaban J connectivity index is 0.000000816. The standard InChI is InChI=1S/C14H14N2O3S.C3H8/c1-9-7-11(12(15)13(17)16(9)14(18)19)20-8-10-5-3-2-4-6-10;1-3-2/h2-7H,8,15H2,1H3,(H,18,19);3H2,1-2H3. The maximum atomic E-state index is 11.9. The molecule has 0 amide bonds. The molecule has 0 atom stereocenters. The molecule has 2 rings (SSSR count). The maximum Gasteiger partial charge on any atom is 0.418 e. The van der Waals surface area contributed by atoms with Crippen LogP contribution in [0.2, 0.25) is 0 Å². The Kier molecular flexibility index (Phi) is 7.41. The van der Waals surface area contributed by atoms with Crippen LogP contribution in [0.5, 0.6) is 0 Å². The molecule has 0 aliphatic carbocycles. The number of nitrogens with zero attached hydrogens (tertiary/aromatic N) is 1. The van der Waals surface area contributed by atoms with Gasteiger partial charge in [-0.2, -0.15) is 0 Å². The largest absolute Gasteiger partial charge is 0.464 e. The number of rotatable bonds is 3. The number of carboxylic acid groups (broad SMARTS) is 1. The van der Waals surface area contributed by atoms with E-state index in [1.807, 2.05) is 30.3 Å². The van der Waals surface area contributed by atoms with Gasteiger partial charge in [-0.25, -0.2) is 9.36 Å². The number of thioether (sulfide) groups is 1. The summed E-state index contributed by atoms with van der Waals surface area (Å²) in [4.78, 5) is 23.5. The second-order valence-electron chi connectivity index (χ2n) is 4.97. The molecule has 1 aromatic carbocycles. The average Bonchev–Trinajstić information content (AvgIpc) is 2.51. The zero-order valence-electron chi connectivity index (χ0n) is 13.6. The molecule has 3 N–H and O–H groups in total. The summed E-state index contributed by atoms with van der Waals surface area (Å²) >= 11 is 1.42. The van der Waals surface area contributed by atoms with E-state index in [1.54, 1.807) is 13.0 Å². The third-order valence-electron chi connectivity index (χ3n) is 2.82. The molecule has 1 aromatic heterocycles. The Morgan fingerprint density at radius 3 is 2.35 bits per heavy atom. The lowest BCUT2D eigenvalue weighted by Gasteiger charge is -2.10. The van der Waals surface area contributed by atoms with E-state index in [0.29, 0.717) is 20.9 Å². The van der Waals surface area contributed by atoms with Crippen LogP contribution >= 0.6 is 11.8 Å². The molecule has 0 radical (unpaired) electrons. The van der Waals surface area contributed by atoms with Gasteiger partial charge in [0.2, 0.25) is 0 Å². The molecule has 23 heavy (non-hydrogen) atoms. The van der Waals surface area contributed by atoms with Gasteiger partial charge in [-0.3, -0.25) is 4.79 Å². The van der Waals surface area contributed by atoms with Crippen LogP contribution in [0, 0.1) is 6.92 Å². The van der Waals surface area contributed by atoms with Crippen molar-refractivity contribution in [2.75, 3.05) is 5.73 Å². The molecule has 124 valence electrons. The fourth-order valence-corrected chi connectivity index (χ4v) is 2.82. The first-order chi connectivity index (χ1) is 10.9. The van der Waals surface area contributed by atoms with Gasteiger partial charge in [-0.1, -0.05) is 50.6 Å². The van der Waals surface area contributed by atoms with Crippen LogP contribution in [0.15, 0.2) is 46.1 Å². The van der Waals surface area contributed by atoms with E-state index < -0.39 is 11.7 Å². The molecule has 2 aromatic rings. The number of anilines is 1. The molecule has 0 aliphatic rings. The van der Waals surface area contributed by atoms with Gasteiger partial charge in [0.25, 0.3) is 5.56 Å². The Bertz CT molecular complexity index is 712. The predicted octanol–water partition coefficient (Wildman–Crippen LogP) is 3.97. The highest BCUT2D eigenvalue weighted by molar-refractivity contribution is 7.98. The van der Waals surface area contributed by atoms with Crippen LogP contribution in [0.3, 0.4) is 0 Å². The number of nitrogen functional groups attached to an aromatic ring is 1. The molecule has 1 heterocycles. The molecule has 0 unspecified atom stereocenters. The minimum atomic E-state index is -1.32. The molecule has 0 spiro atoms. The number of hydrogen-bond acceptors (Lipinski definition) is 4. The zero-order chi connectivity index (χ0) is 17.4. The van der Waals surface area contributed by atoms with Gasteiger partial charge in [-0.15, -0.1) is 11.8 Å². The lowest BCUT2D eigenvalue weighted by atomic mass is 10.2. The minimum Gasteiger partial charge on any atom is -0.464 e. The van der Waals surface area contributed by atoms with E-state index in [2.05, 4.69) is 13.8 Å². The highest BCUT2D eigenvalue weighted by Crippen LogP contribution is 2.26. The smallest absolute Gasteiger partial charge is 0.418 e. The van der Waals surface area contributed by atoms with Crippen molar-refractivity contribution < 1.29 is 9.90 Å². The van der Waals surface area contributed by atoms with E-state index in [9.17, 15) is 9.59 Å². The van der Waals surface area contributed by atoms with E-state index in [4.69, 9.17) is 10.8 Å². The van der Waals surface area contributed by atoms with Crippen molar-refractivity contribution >= 4 is 23.5 Å². The Labute approximate surface area is 140 Å². The number of nitrogens with two attached hydrogens (primary N) is 1. The number of aromatic nitrogens is 1. The van der Waals surface area contributed by atoms with Gasteiger partial charge in [0.15, 0.2) is 0 Å². The molecular weight excluding hydrogens is 312 g/mol. The second-order valence-corrected chi connectivity index (χ2v) is 5.99. The van der Waals surface area contributed by atoms with Gasteiger partial charge in [0, 0.05) is 16.3 Å². The van der Waals surface area contributed by atoms with Crippen LogP contribution in [-0.4, -0.2) is 15.8 Å². The molecule has 0 aliphatic heterocycles. The van der Waals surface area contributed by atoms with E-state index in [-0.39, 0.29) is 5.69 Å². The first-order valence-electron chi connectivity index (χ1n) is 7.34. The zero-order valence-corrected chi connectivity index (χ0v) is 14.4. The van der Waals surface area contributed by atoms with Gasteiger partial charge in [-0.05, 0) is 18.6 Å². The van der Waals surface area contributed by atoms with Crippen molar-refractivity contribution in [3.8, 4) is 0 Å². The first kappa shape index (κ1) is 18.8. The Morgan fingerprint density at radius 2 is 1.83 bits per heavy atom. The topological polar surface area (TPSA) is 85.3 Å². The summed E-state index contributed by atoms with van der Waals surface area (Å²) in [5.74, 6) is 0.668. The van der Waals surface area contributed by atoms with E-state index >= 15 is 0 Å². The quantitative estimate of drug-likeness (QED) is 0.829. The van der Waals surface area contributed by atoms with Crippen molar-refractivity contribution in [2.24, 2.45) is 0 Å². The number of hydrogen-bond donors (Lipinski definition) is 2. The lowest BCUT2D eigenvalue weighted by Crippen LogP contribution is -2.30.